The molecular formula is C36H29O3P3. The van der Waals surface area contributed by atoms with Crippen LogP contribution in [0, 0.1) is 0 Å². The molecule has 0 aromatic heterocycles. The van der Waals surface area contributed by atoms with Gasteiger partial charge in [0, 0.05) is 21.2 Å². The molecule has 0 aliphatic rings. The van der Waals surface area contributed by atoms with E-state index in [1.807, 2.05) is 176 Å². The first-order valence-electron chi connectivity index (χ1n) is 13.7. The van der Waals surface area contributed by atoms with E-state index in [1.165, 1.54) is 0 Å². The molecule has 0 saturated heterocycles. The number of hydrogen-bond acceptors (Lipinski definition) is 3. The lowest BCUT2D eigenvalue weighted by Gasteiger charge is -2.30. The number of hydrogen-bond donors (Lipinski definition) is 0. The van der Waals surface area contributed by atoms with Gasteiger partial charge >= 0.3 is 7.60 Å². The second-order valence-electron chi connectivity index (χ2n) is 9.47. The topological polar surface area (TPSA) is 35.5 Å². The zero-order valence-electron chi connectivity index (χ0n) is 22.8. The maximum atomic E-state index is 15.7. The van der Waals surface area contributed by atoms with Gasteiger partial charge in [-0.1, -0.05) is 170 Å². The molecule has 6 aromatic rings. The van der Waals surface area contributed by atoms with Crippen LogP contribution in [0.1, 0.15) is 0 Å². The fourth-order valence-corrected chi connectivity index (χ4v) is 12.1. The highest BCUT2D eigenvalue weighted by molar-refractivity contribution is 7.83. The van der Waals surface area contributed by atoms with Crippen molar-refractivity contribution in [2.24, 2.45) is 0 Å². The van der Waals surface area contributed by atoms with E-state index in [2.05, 4.69) is 0 Å². The van der Waals surface area contributed by atoms with E-state index in [4.69, 9.17) is 8.62 Å². The summed E-state index contributed by atoms with van der Waals surface area (Å²) in [5, 5.41) is 4.40. The van der Waals surface area contributed by atoms with Gasteiger partial charge in [0.1, 0.15) is 16.3 Å². The molecule has 3 nitrogen and oxygen atoms in total. The van der Waals surface area contributed by atoms with Crippen molar-refractivity contribution in [3.05, 3.63) is 176 Å². The number of rotatable bonds is 10. The Morgan fingerprint density at radius 1 is 0.381 bits per heavy atom. The Labute approximate surface area is 250 Å². The average Bonchev–Trinajstić information content (AvgIpc) is 3.08. The molecule has 0 amide bonds. The summed E-state index contributed by atoms with van der Waals surface area (Å²) in [6.07, 6.45) is 0. The van der Waals surface area contributed by atoms with Crippen LogP contribution in [-0.4, -0.2) is 0 Å². The molecule has 0 aliphatic carbocycles. The highest BCUT2D eigenvalue weighted by Crippen LogP contribution is 2.65. The molecule has 0 atom stereocenters. The average molecular weight is 603 g/mol. The van der Waals surface area contributed by atoms with Crippen molar-refractivity contribution in [2.75, 3.05) is 0 Å². The largest absolute Gasteiger partial charge is 0.369 e. The first kappa shape index (κ1) is 28.4. The second-order valence-corrected chi connectivity index (χ2v) is 15.5. The highest BCUT2D eigenvalue weighted by atomic mass is 31.3. The van der Waals surface area contributed by atoms with Gasteiger partial charge in [0.05, 0.1) is 5.30 Å². The van der Waals surface area contributed by atoms with E-state index in [1.54, 1.807) is 0 Å². The first-order valence-corrected chi connectivity index (χ1v) is 17.7. The van der Waals surface area contributed by atoms with Crippen LogP contribution in [0.2, 0.25) is 0 Å². The lowest BCUT2D eigenvalue weighted by atomic mass is 10.1. The standard InChI is InChI=1S/C36H29O3P3/c37-42(36-29-17-16-28-35(36)30-18-6-1-7-19-30,38-40(31-20-8-2-9-21-31)32-22-10-3-11-23-32)39-41(33-24-12-4-13-25-33)34-26-14-5-15-27-34/h1-29H. The van der Waals surface area contributed by atoms with Gasteiger partial charge in [-0.15, -0.1) is 0 Å². The Bertz CT molecular complexity index is 1580. The Morgan fingerprint density at radius 3 is 1.07 bits per heavy atom. The van der Waals surface area contributed by atoms with E-state index in [0.717, 1.165) is 32.3 Å². The minimum absolute atomic E-state index is 0.551. The Morgan fingerprint density at radius 2 is 0.690 bits per heavy atom. The second kappa shape index (κ2) is 13.5. The summed E-state index contributed by atoms with van der Waals surface area (Å²) < 4.78 is 29.6. The van der Waals surface area contributed by atoms with E-state index >= 15 is 4.57 Å². The normalized spacial score (nSPS) is 11.6. The molecule has 0 saturated carbocycles. The molecule has 0 bridgehead atoms. The Kier molecular flexibility index (Phi) is 9.17. The lowest BCUT2D eigenvalue weighted by Crippen LogP contribution is -2.20. The quantitative estimate of drug-likeness (QED) is 0.148. The van der Waals surface area contributed by atoms with E-state index in [-0.39, 0.29) is 0 Å². The minimum Gasteiger partial charge on any atom is -0.272 e. The third-order valence-electron chi connectivity index (χ3n) is 6.62. The van der Waals surface area contributed by atoms with Crippen molar-refractivity contribution in [3.8, 4) is 11.1 Å². The number of benzene rings is 6. The fourth-order valence-electron chi connectivity index (χ4n) is 4.63. The van der Waals surface area contributed by atoms with Crippen LogP contribution < -0.4 is 26.5 Å². The molecule has 0 radical (unpaired) electrons. The maximum Gasteiger partial charge on any atom is 0.369 e. The van der Waals surface area contributed by atoms with E-state index in [9.17, 15) is 0 Å². The van der Waals surface area contributed by atoms with Gasteiger partial charge in [-0.25, -0.2) is 0 Å². The van der Waals surface area contributed by atoms with E-state index < -0.39 is 23.9 Å². The van der Waals surface area contributed by atoms with Gasteiger partial charge in [0.25, 0.3) is 0 Å². The summed E-state index contributed by atoms with van der Waals surface area (Å²) in [4.78, 5) is 0. The molecule has 0 spiro atoms. The van der Waals surface area contributed by atoms with Crippen molar-refractivity contribution in [2.45, 2.75) is 0 Å². The van der Waals surface area contributed by atoms with Crippen molar-refractivity contribution in [1.29, 1.82) is 0 Å². The van der Waals surface area contributed by atoms with Crippen LogP contribution in [0.25, 0.3) is 11.1 Å². The molecule has 6 heteroatoms. The molecule has 0 N–H and O–H groups in total. The predicted molar refractivity (Wildman–Crippen MR) is 179 cm³/mol. The molecule has 206 valence electrons. The summed E-state index contributed by atoms with van der Waals surface area (Å²) in [6, 6.07) is 57.8. The van der Waals surface area contributed by atoms with Crippen molar-refractivity contribution in [1.82, 2.24) is 0 Å². The summed E-state index contributed by atoms with van der Waals surface area (Å²) in [5.41, 5.74) is 1.78. The third-order valence-corrected chi connectivity index (χ3v) is 13.7. The van der Waals surface area contributed by atoms with Crippen molar-refractivity contribution >= 4 is 50.4 Å². The molecular weight excluding hydrogens is 573 g/mol. The minimum atomic E-state index is -3.99. The van der Waals surface area contributed by atoms with Crippen LogP contribution in [-0.2, 0) is 13.2 Å². The maximum absolute atomic E-state index is 15.7. The van der Waals surface area contributed by atoms with Crippen LogP contribution in [0.3, 0.4) is 0 Å². The van der Waals surface area contributed by atoms with Crippen LogP contribution in [0.4, 0.5) is 0 Å². The molecule has 0 aliphatic heterocycles. The molecule has 42 heavy (non-hydrogen) atoms. The summed E-state index contributed by atoms with van der Waals surface area (Å²) >= 11 is 0. The van der Waals surface area contributed by atoms with E-state index in [0.29, 0.717) is 5.30 Å². The zero-order valence-corrected chi connectivity index (χ0v) is 25.5. The Balaban J connectivity index is 1.54. The van der Waals surface area contributed by atoms with Crippen molar-refractivity contribution < 1.29 is 13.2 Å². The monoisotopic (exact) mass is 602 g/mol. The predicted octanol–water partition coefficient (Wildman–Crippen LogP) is 8.30. The molecule has 0 heterocycles. The van der Waals surface area contributed by atoms with Crippen LogP contribution >= 0.6 is 23.9 Å². The van der Waals surface area contributed by atoms with Gasteiger partial charge in [-0.2, -0.15) is 0 Å². The molecule has 6 aromatic carbocycles. The fraction of sp³-hybridized carbons (Fsp3) is 0. The third kappa shape index (κ3) is 6.53. The highest BCUT2D eigenvalue weighted by Gasteiger charge is 2.39. The van der Waals surface area contributed by atoms with Crippen LogP contribution in [0.5, 0.6) is 0 Å². The van der Waals surface area contributed by atoms with Gasteiger partial charge in [-0.3, -0.25) is 13.2 Å². The summed E-state index contributed by atoms with van der Waals surface area (Å²) in [6.45, 7) is 0. The van der Waals surface area contributed by atoms with Gasteiger partial charge in [-0.05, 0) is 17.2 Å². The van der Waals surface area contributed by atoms with Gasteiger partial charge < -0.3 is 0 Å². The zero-order chi connectivity index (χ0) is 28.6. The molecule has 6 rings (SSSR count). The Hall–Kier alpha value is -3.67. The SMILES string of the molecule is O=P(OP(c1ccccc1)c1ccccc1)(OP(c1ccccc1)c1ccccc1)c1ccccc1-c1ccccc1. The van der Waals surface area contributed by atoms with Crippen molar-refractivity contribution in [3.63, 3.8) is 0 Å². The summed E-state index contributed by atoms with van der Waals surface area (Å²) in [5.74, 6) is 0. The summed E-state index contributed by atoms with van der Waals surface area (Å²) in [7, 11) is -6.97. The van der Waals surface area contributed by atoms with Crippen LogP contribution in [0.15, 0.2) is 176 Å². The molecule has 0 unspecified atom stereocenters. The molecule has 0 fully saturated rings. The first-order chi connectivity index (χ1) is 20.7. The van der Waals surface area contributed by atoms with Gasteiger partial charge in [0.15, 0.2) is 0 Å². The lowest BCUT2D eigenvalue weighted by molar-refractivity contribution is 0.437. The smallest absolute Gasteiger partial charge is 0.272 e. The van der Waals surface area contributed by atoms with Gasteiger partial charge in [0.2, 0.25) is 0 Å².